The molecule has 2 rings (SSSR count). The quantitative estimate of drug-likeness (QED) is 0.455. The lowest BCUT2D eigenvalue weighted by Gasteiger charge is -2.07. The summed E-state index contributed by atoms with van der Waals surface area (Å²) in [5.74, 6) is -1.80. The first-order valence-corrected chi connectivity index (χ1v) is 5.91. The molecule has 2 aromatic rings. The lowest BCUT2D eigenvalue weighted by molar-refractivity contribution is -0.384. The van der Waals surface area contributed by atoms with Crippen LogP contribution in [-0.4, -0.2) is 22.1 Å². The van der Waals surface area contributed by atoms with Crippen LogP contribution in [0.15, 0.2) is 32.2 Å². The number of nitrogens with zero attached hydrogens (tertiary/aromatic N) is 2. The van der Waals surface area contributed by atoms with E-state index >= 15 is 0 Å². The van der Waals surface area contributed by atoms with Gasteiger partial charge in [-0.05, 0) is 13.0 Å². The summed E-state index contributed by atoms with van der Waals surface area (Å²) in [5, 5.41) is 10.7. The third-order valence-corrected chi connectivity index (χ3v) is 2.70. The Kier molecular flexibility index (Phi) is 3.83. The van der Waals surface area contributed by atoms with Crippen LogP contribution < -0.4 is 11.4 Å². The van der Waals surface area contributed by atoms with E-state index in [2.05, 4.69) is 4.42 Å². The van der Waals surface area contributed by atoms with E-state index in [4.69, 9.17) is 4.74 Å². The van der Waals surface area contributed by atoms with Crippen LogP contribution in [0.2, 0.25) is 0 Å². The van der Waals surface area contributed by atoms with Gasteiger partial charge in [0, 0.05) is 12.1 Å². The van der Waals surface area contributed by atoms with Crippen LogP contribution in [-0.2, 0) is 16.1 Å². The number of fused-ring (bicyclic) bond motifs is 1. The molecule has 0 saturated heterocycles. The number of hydrogen-bond acceptors (Lipinski definition) is 7. The van der Waals surface area contributed by atoms with Crippen molar-refractivity contribution >= 4 is 22.6 Å². The number of esters is 1. The number of rotatable bonds is 4. The molecule has 0 bridgehead atoms. The lowest BCUT2D eigenvalue weighted by Crippen LogP contribution is -2.28. The van der Waals surface area contributed by atoms with E-state index in [-0.39, 0.29) is 23.2 Å². The molecule has 0 aliphatic carbocycles. The van der Waals surface area contributed by atoms with Gasteiger partial charge < -0.3 is 9.15 Å². The molecule has 1 aromatic heterocycles. The molecule has 21 heavy (non-hydrogen) atoms. The van der Waals surface area contributed by atoms with Crippen molar-refractivity contribution in [2.24, 2.45) is 0 Å². The summed E-state index contributed by atoms with van der Waals surface area (Å²) >= 11 is 0. The third-order valence-electron chi connectivity index (χ3n) is 2.70. The Labute approximate surface area is 116 Å². The fourth-order valence-corrected chi connectivity index (χ4v) is 1.80. The number of hydrogen-bond donors (Lipinski definition) is 0. The Morgan fingerprint density at radius 1 is 1.43 bits per heavy atom. The zero-order chi connectivity index (χ0) is 15.6. The molecule has 0 fully saturated rings. The van der Waals surface area contributed by atoms with Crippen molar-refractivity contribution in [2.75, 3.05) is 6.61 Å². The molecule has 9 nitrogen and oxygen atoms in total. The highest BCUT2D eigenvalue weighted by Gasteiger charge is 2.16. The van der Waals surface area contributed by atoms with Gasteiger partial charge in [0.25, 0.3) is 5.69 Å². The zero-order valence-corrected chi connectivity index (χ0v) is 10.9. The Balaban J connectivity index is 2.69. The zero-order valence-electron chi connectivity index (χ0n) is 10.9. The first-order valence-electron chi connectivity index (χ1n) is 5.91. The maximum absolute atomic E-state index is 11.7. The van der Waals surface area contributed by atoms with E-state index in [1.807, 2.05) is 0 Å². The average Bonchev–Trinajstić information content (AvgIpc) is 2.43. The normalized spacial score (nSPS) is 10.5. The summed E-state index contributed by atoms with van der Waals surface area (Å²) in [7, 11) is 0. The fourth-order valence-electron chi connectivity index (χ4n) is 1.80. The van der Waals surface area contributed by atoms with Crippen LogP contribution in [0.3, 0.4) is 0 Å². The van der Waals surface area contributed by atoms with Gasteiger partial charge in [0.15, 0.2) is 0 Å². The molecule has 0 spiro atoms. The van der Waals surface area contributed by atoms with E-state index in [1.54, 1.807) is 6.92 Å². The van der Waals surface area contributed by atoms with Gasteiger partial charge >= 0.3 is 17.4 Å². The Morgan fingerprint density at radius 2 is 2.14 bits per heavy atom. The minimum absolute atomic E-state index is 0.0375. The Morgan fingerprint density at radius 3 is 2.76 bits per heavy atom. The Hall–Kier alpha value is -2.97. The standard InChI is InChI=1S/C12H10N2O7/c1-2-20-10(15)6-13-9-5-7(14(18)19)3-4-8(9)11(16)21-12(13)17/h3-5H,2,6H2,1H3. The molecular formula is C12H10N2O7. The van der Waals surface area contributed by atoms with Gasteiger partial charge in [-0.1, -0.05) is 0 Å². The molecule has 0 unspecified atom stereocenters. The molecule has 0 atom stereocenters. The second-order valence-corrected chi connectivity index (χ2v) is 4.01. The van der Waals surface area contributed by atoms with Crippen molar-refractivity contribution in [2.45, 2.75) is 13.5 Å². The summed E-state index contributed by atoms with van der Waals surface area (Å²) in [4.78, 5) is 44.9. The second kappa shape index (κ2) is 5.57. The first-order chi connectivity index (χ1) is 9.93. The average molecular weight is 294 g/mol. The van der Waals surface area contributed by atoms with Gasteiger partial charge in [-0.3, -0.25) is 19.5 Å². The monoisotopic (exact) mass is 294 g/mol. The number of aromatic nitrogens is 1. The van der Waals surface area contributed by atoms with Gasteiger partial charge in [-0.2, -0.15) is 0 Å². The maximum Gasteiger partial charge on any atom is 0.422 e. The van der Waals surface area contributed by atoms with Gasteiger partial charge in [0.2, 0.25) is 0 Å². The second-order valence-electron chi connectivity index (χ2n) is 4.01. The van der Waals surface area contributed by atoms with Gasteiger partial charge in [0.1, 0.15) is 6.54 Å². The van der Waals surface area contributed by atoms with Crippen LogP contribution in [0.5, 0.6) is 0 Å². The van der Waals surface area contributed by atoms with Crippen LogP contribution in [0, 0.1) is 10.1 Å². The van der Waals surface area contributed by atoms with E-state index in [9.17, 15) is 24.5 Å². The molecule has 0 aliphatic heterocycles. The predicted octanol–water partition coefficient (Wildman–Crippen LogP) is 0.426. The summed E-state index contributed by atoms with van der Waals surface area (Å²) in [6.45, 7) is 1.20. The molecule has 0 saturated carbocycles. The van der Waals surface area contributed by atoms with Crippen molar-refractivity contribution < 1.29 is 18.9 Å². The van der Waals surface area contributed by atoms with E-state index in [0.29, 0.717) is 0 Å². The van der Waals surface area contributed by atoms with E-state index < -0.39 is 28.8 Å². The van der Waals surface area contributed by atoms with E-state index in [0.717, 1.165) is 16.7 Å². The summed E-state index contributed by atoms with van der Waals surface area (Å²) in [5.41, 5.74) is -1.30. The third kappa shape index (κ3) is 2.81. The highest BCUT2D eigenvalue weighted by atomic mass is 16.6. The van der Waals surface area contributed by atoms with Crippen LogP contribution >= 0.6 is 0 Å². The minimum atomic E-state index is -1.08. The maximum atomic E-state index is 11.7. The van der Waals surface area contributed by atoms with Crippen molar-refractivity contribution in [3.8, 4) is 0 Å². The molecule has 0 amide bonds. The SMILES string of the molecule is CCOC(=O)Cn1c(=O)oc(=O)c2ccc([N+](=O)[O-])cc21. The molecule has 1 heterocycles. The van der Waals surface area contributed by atoms with Gasteiger partial charge in [-0.15, -0.1) is 0 Å². The molecular weight excluding hydrogens is 284 g/mol. The van der Waals surface area contributed by atoms with Crippen molar-refractivity contribution in [3.05, 3.63) is 49.3 Å². The highest BCUT2D eigenvalue weighted by Crippen LogP contribution is 2.17. The molecule has 0 aliphatic rings. The van der Waals surface area contributed by atoms with Crippen molar-refractivity contribution in [1.82, 2.24) is 4.57 Å². The fraction of sp³-hybridized carbons (Fsp3) is 0.250. The number of nitro groups is 1. The number of nitro benzene ring substituents is 1. The van der Waals surface area contributed by atoms with Crippen molar-refractivity contribution in [1.29, 1.82) is 0 Å². The van der Waals surface area contributed by atoms with Gasteiger partial charge in [-0.25, -0.2) is 9.59 Å². The topological polar surface area (TPSA) is 122 Å². The van der Waals surface area contributed by atoms with Crippen LogP contribution in [0.1, 0.15) is 6.92 Å². The molecule has 110 valence electrons. The number of non-ortho nitro benzene ring substituents is 1. The summed E-state index contributed by atoms with van der Waals surface area (Å²) < 4.78 is 10.0. The number of carbonyl (C=O) groups excluding carboxylic acids is 1. The van der Waals surface area contributed by atoms with Crippen molar-refractivity contribution in [3.63, 3.8) is 0 Å². The first kappa shape index (κ1) is 14.4. The molecule has 9 heteroatoms. The summed E-state index contributed by atoms with van der Waals surface area (Å²) in [6, 6.07) is 3.31. The smallest absolute Gasteiger partial charge is 0.422 e. The van der Waals surface area contributed by atoms with Crippen LogP contribution in [0.25, 0.3) is 10.9 Å². The number of carbonyl (C=O) groups is 1. The largest absolute Gasteiger partial charge is 0.465 e. The molecule has 0 N–H and O–H groups in total. The summed E-state index contributed by atoms with van der Waals surface area (Å²) in [6.07, 6.45) is 0. The lowest BCUT2D eigenvalue weighted by atomic mass is 10.2. The Bertz CT molecular complexity index is 834. The minimum Gasteiger partial charge on any atom is -0.465 e. The molecule has 0 radical (unpaired) electrons. The van der Waals surface area contributed by atoms with Crippen LogP contribution in [0.4, 0.5) is 5.69 Å². The number of benzene rings is 1. The highest BCUT2D eigenvalue weighted by molar-refractivity contribution is 5.81. The van der Waals surface area contributed by atoms with E-state index in [1.165, 1.54) is 6.07 Å². The predicted molar refractivity (Wildman–Crippen MR) is 70.0 cm³/mol. The number of ether oxygens (including phenoxy) is 1. The molecule has 1 aromatic carbocycles. The van der Waals surface area contributed by atoms with Gasteiger partial charge in [0.05, 0.1) is 22.4 Å².